The van der Waals surface area contributed by atoms with E-state index in [4.69, 9.17) is 0 Å². The van der Waals surface area contributed by atoms with Crippen molar-refractivity contribution in [1.29, 1.82) is 0 Å². The van der Waals surface area contributed by atoms with Crippen LogP contribution < -0.4 is 10.0 Å². The van der Waals surface area contributed by atoms with Crippen LogP contribution in [-0.2, 0) is 14.8 Å². The van der Waals surface area contributed by atoms with Gasteiger partial charge in [-0.1, -0.05) is 30.3 Å². The van der Waals surface area contributed by atoms with Crippen LogP contribution in [0.4, 0.5) is 10.1 Å². The summed E-state index contributed by atoms with van der Waals surface area (Å²) in [7, 11) is -3.42. The highest BCUT2D eigenvalue weighted by atomic mass is 32.2. The summed E-state index contributed by atoms with van der Waals surface area (Å²) < 4.78 is 38.4. The molecule has 0 aliphatic heterocycles. The quantitative estimate of drug-likeness (QED) is 0.776. The molecule has 0 spiro atoms. The van der Waals surface area contributed by atoms with Gasteiger partial charge < -0.3 is 5.32 Å². The molecule has 7 heteroatoms. The maximum absolute atomic E-state index is 13.1. The molecule has 1 atom stereocenters. The van der Waals surface area contributed by atoms with Gasteiger partial charge in [-0.2, -0.15) is 0 Å². The molecule has 1 amide bonds. The Labute approximate surface area is 146 Å². The van der Waals surface area contributed by atoms with Crippen LogP contribution in [0.1, 0.15) is 24.1 Å². The highest BCUT2D eigenvalue weighted by Crippen LogP contribution is 2.23. The number of carbonyl (C=O) groups is 1. The van der Waals surface area contributed by atoms with Gasteiger partial charge in [0.1, 0.15) is 5.82 Å². The van der Waals surface area contributed by atoms with Crippen LogP contribution in [0.25, 0.3) is 6.08 Å². The third-order valence-electron chi connectivity index (χ3n) is 3.36. The molecule has 25 heavy (non-hydrogen) atoms. The first kappa shape index (κ1) is 18.7. The van der Waals surface area contributed by atoms with E-state index in [9.17, 15) is 17.6 Å². The minimum Gasteiger partial charge on any atom is -0.346 e. The van der Waals surface area contributed by atoms with Crippen LogP contribution in [0.5, 0.6) is 0 Å². The van der Waals surface area contributed by atoms with Crippen molar-refractivity contribution in [2.75, 3.05) is 11.0 Å². The number of benzene rings is 2. The standard InChI is InChI=1S/C18H19FN2O3S/c1-13(16-8-3-4-9-17(16)21-25(2,23)24)20-18(22)11-10-14-6-5-7-15(19)12-14/h3-13,21H,1-2H3,(H,20,22). The van der Waals surface area contributed by atoms with Crippen molar-refractivity contribution >= 4 is 27.7 Å². The van der Waals surface area contributed by atoms with Gasteiger partial charge >= 0.3 is 0 Å². The molecule has 1 unspecified atom stereocenters. The number of anilines is 1. The molecule has 2 rings (SSSR count). The fourth-order valence-electron chi connectivity index (χ4n) is 2.29. The monoisotopic (exact) mass is 362 g/mol. The van der Waals surface area contributed by atoms with Crippen molar-refractivity contribution in [1.82, 2.24) is 5.32 Å². The number of hydrogen-bond acceptors (Lipinski definition) is 3. The lowest BCUT2D eigenvalue weighted by atomic mass is 10.1. The minimum absolute atomic E-state index is 0.370. The SMILES string of the molecule is CC(NC(=O)C=Cc1cccc(F)c1)c1ccccc1NS(C)(=O)=O. The molecule has 2 aromatic carbocycles. The molecule has 0 aliphatic carbocycles. The Balaban J connectivity index is 2.09. The predicted molar refractivity (Wildman–Crippen MR) is 96.9 cm³/mol. The van der Waals surface area contributed by atoms with Crippen LogP contribution in [0, 0.1) is 5.82 Å². The second kappa shape index (κ2) is 7.94. The number of amides is 1. The van der Waals surface area contributed by atoms with Crippen molar-refractivity contribution < 1.29 is 17.6 Å². The summed E-state index contributed by atoms with van der Waals surface area (Å²) in [6, 6.07) is 12.3. The molecule has 0 aromatic heterocycles. The number of carbonyl (C=O) groups excluding carboxylic acids is 1. The minimum atomic E-state index is -3.42. The number of nitrogens with one attached hydrogen (secondary N) is 2. The first-order chi connectivity index (χ1) is 11.7. The molecule has 0 fully saturated rings. The maximum atomic E-state index is 13.1. The Bertz CT molecular complexity index is 895. The molecule has 0 bridgehead atoms. The topological polar surface area (TPSA) is 75.3 Å². The van der Waals surface area contributed by atoms with E-state index in [1.807, 2.05) is 0 Å². The van der Waals surface area contributed by atoms with Crippen LogP contribution in [-0.4, -0.2) is 20.6 Å². The van der Waals surface area contributed by atoms with E-state index in [2.05, 4.69) is 10.0 Å². The number of rotatable bonds is 6. The smallest absolute Gasteiger partial charge is 0.244 e. The summed E-state index contributed by atoms with van der Waals surface area (Å²) in [6.45, 7) is 1.75. The van der Waals surface area contributed by atoms with Gasteiger partial charge in [0.05, 0.1) is 18.0 Å². The lowest BCUT2D eigenvalue weighted by Gasteiger charge is -2.17. The molecule has 2 N–H and O–H groups in total. The first-order valence-electron chi connectivity index (χ1n) is 7.55. The molecule has 0 aliphatic rings. The fraction of sp³-hybridized carbons (Fsp3) is 0.167. The van der Waals surface area contributed by atoms with Gasteiger partial charge in [-0.25, -0.2) is 12.8 Å². The van der Waals surface area contributed by atoms with E-state index in [0.717, 1.165) is 6.26 Å². The van der Waals surface area contributed by atoms with Crippen molar-refractivity contribution in [3.05, 3.63) is 71.6 Å². The van der Waals surface area contributed by atoms with E-state index < -0.39 is 16.1 Å². The Morgan fingerprint density at radius 1 is 1.16 bits per heavy atom. The number of hydrogen-bond donors (Lipinski definition) is 2. The summed E-state index contributed by atoms with van der Waals surface area (Å²) in [4.78, 5) is 12.1. The average Bonchev–Trinajstić information content (AvgIpc) is 2.52. The third-order valence-corrected chi connectivity index (χ3v) is 3.95. The van der Waals surface area contributed by atoms with E-state index in [-0.39, 0.29) is 11.7 Å². The lowest BCUT2D eigenvalue weighted by molar-refractivity contribution is -0.117. The van der Waals surface area contributed by atoms with Crippen LogP contribution in [0.15, 0.2) is 54.6 Å². The molecule has 5 nitrogen and oxygen atoms in total. The van der Waals surface area contributed by atoms with Crippen molar-refractivity contribution in [3.63, 3.8) is 0 Å². The molecular formula is C18H19FN2O3S. The normalized spacial score (nSPS) is 12.8. The number of para-hydroxylation sites is 1. The van der Waals surface area contributed by atoms with Gasteiger partial charge in [0.25, 0.3) is 0 Å². The molecule has 0 saturated heterocycles. The van der Waals surface area contributed by atoms with Gasteiger partial charge in [-0.15, -0.1) is 0 Å². The van der Waals surface area contributed by atoms with Crippen LogP contribution in [0.2, 0.25) is 0 Å². The summed E-state index contributed by atoms with van der Waals surface area (Å²) in [5, 5.41) is 2.75. The van der Waals surface area contributed by atoms with Gasteiger partial charge in [-0.3, -0.25) is 9.52 Å². The number of sulfonamides is 1. The zero-order chi connectivity index (χ0) is 18.4. The summed E-state index contributed by atoms with van der Waals surface area (Å²) in [5.74, 6) is -0.748. The van der Waals surface area contributed by atoms with Gasteiger partial charge in [-0.05, 0) is 42.3 Å². The molecular weight excluding hydrogens is 343 g/mol. The van der Waals surface area contributed by atoms with Gasteiger partial charge in [0, 0.05) is 6.08 Å². The summed E-state index contributed by atoms with van der Waals surface area (Å²) >= 11 is 0. The summed E-state index contributed by atoms with van der Waals surface area (Å²) in [6.07, 6.45) is 3.87. The highest BCUT2D eigenvalue weighted by Gasteiger charge is 2.14. The molecule has 0 heterocycles. The number of halogens is 1. The van der Waals surface area contributed by atoms with Crippen molar-refractivity contribution in [3.8, 4) is 0 Å². The van der Waals surface area contributed by atoms with Crippen molar-refractivity contribution in [2.45, 2.75) is 13.0 Å². The maximum Gasteiger partial charge on any atom is 0.244 e. The first-order valence-corrected chi connectivity index (χ1v) is 9.44. The Morgan fingerprint density at radius 3 is 2.56 bits per heavy atom. The average molecular weight is 362 g/mol. The summed E-state index contributed by atoms with van der Waals surface area (Å²) in [5.41, 5.74) is 1.62. The predicted octanol–water partition coefficient (Wildman–Crippen LogP) is 3.09. The van der Waals surface area contributed by atoms with Crippen LogP contribution in [0.3, 0.4) is 0 Å². The highest BCUT2D eigenvalue weighted by molar-refractivity contribution is 7.92. The van der Waals surface area contributed by atoms with E-state index >= 15 is 0 Å². The fourth-order valence-corrected chi connectivity index (χ4v) is 2.87. The molecule has 2 aromatic rings. The molecule has 0 saturated carbocycles. The van der Waals surface area contributed by atoms with E-state index in [1.165, 1.54) is 24.3 Å². The lowest BCUT2D eigenvalue weighted by Crippen LogP contribution is -2.25. The zero-order valence-electron chi connectivity index (χ0n) is 13.9. The van der Waals surface area contributed by atoms with Gasteiger partial charge in [0.2, 0.25) is 15.9 Å². The Hall–Kier alpha value is -2.67. The molecule has 132 valence electrons. The largest absolute Gasteiger partial charge is 0.346 e. The van der Waals surface area contributed by atoms with E-state index in [0.29, 0.717) is 16.8 Å². The zero-order valence-corrected chi connectivity index (χ0v) is 14.7. The molecule has 0 radical (unpaired) electrons. The van der Waals surface area contributed by atoms with Crippen molar-refractivity contribution in [2.24, 2.45) is 0 Å². The van der Waals surface area contributed by atoms with E-state index in [1.54, 1.807) is 43.3 Å². The van der Waals surface area contributed by atoms with Gasteiger partial charge in [0.15, 0.2) is 0 Å². The Morgan fingerprint density at radius 2 is 1.88 bits per heavy atom. The van der Waals surface area contributed by atoms with Crippen LogP contribution >= 0.6 is 0 Å². The third kappa shape index (κ3) is 6.04. The second-order valence-corrected chi connectivity index (χ2v) is 7.33. The Kier molecular flexibility index (Phi) is 5.93. The second-order valence-electron chi connectivity index (χ2n) is 5.58.